The Labute approximate surface area is 158 Å². The minimum absolute atomic E-state index is 0.0451. The van der Waals surface area contributed by atoms with E-state index in [0.717, 1.165) is 19.3 Å². The monoisotopic (exact) mass is 375 g/mol. The molecule has 1 aromatic rings. The molecule has 1 aliphatic carbocycles. The van der Waals surface area contributed by atoms with Gasteiger partial charge in [0.25, 0.3) is 0 Å². The average molecular weight is 375 g/mol. The van der Waals surface area contributed by atoms with E-state index in [2.05, 4.69) is 0 Å². The molecule has 0 bridgehead atoms. The van der Waals surface area contributed by atoms with E-state index in [1.807, 2.05) is 20.8 Å². The maximum absolute atomic E-state index is 13.9. The molecule has 2 aliphatic heterocycles. The molecule has 7 heteroatoms. The van der Waals surface area contributed by atoms with Gasteiger partial charge in [-0.1, -0.05) is 18.6 Å². The van der Waals surface area contributed by atoms with Crippen molar-refractivity contribution in [3.8, 4) is 0 Å². The number of piperazine rings is 1. The number of carboxylic acids is 1. The normalized spacial score (nSPS) is 28.4. The number of benzene rings is 1. The minimum Gasteiger partial charge on any atom is -0.481 e. The van der Waals surface area contributed by atoms with Crippen LogP contribution in [0.5, 0.6) is 0 Å². The van der Waals surface area contributed by atoms with Crippen molar-refractivity contribution in [1.29, 1.82) is 0 Å². The van der Waals surface area contributed by atoms with Crippen LogP contribution in [-0.4, -0.2) is 72.6 Å². The SMILES string of the molecule is O=C(CN1C[C@@H]2CCC[C@@]2(C(=O)O)C1)N1CCN(c2ccccc2F)CC1. The summed E-state index contributed by atoms with van der Waals surface area (Å²) in [4.78, 5) is 30.3. The van der Waals surface area contributed by atoms with Gasteiger partial charge in [-0.05, 0) is 30.9 Å². The molecule has 0 radical (unpaired) electrons. The van der Waals surface area contributed by atoms with Crippen LogP contribution in [-0.2, 0) is 9.59 Å². The van der Waals surface area contributed by atoms with Gasteiger partial charge in [0.15, 0.2) is 0 Å². The van der Waals surface area contributed by atoms with Crippen LogP contribution in [0, 0.1) is 17.2 Å². The summed E-state index contributed by atoms with van der Waals surface area (Å²) in [6, 6.07) is 6.71. The van der Waals surface area contributed by atoms with Gasteiger partial charge in [-0.25, -0.2) is 4.39 Å². The minimum atomic E-state index is -0.710. The van der Waals surface area contributed by atoms with Crippen molar-refractivity contribution in [2.45, 2.75) is 19.3 Å². The predicted molar refractivity (Wildman–Crippen MR) is 99.0 cm³/mol. The van der Waals surface area contributed by atoms with E-state index < -0.39 is 11.4 Å². The van der Waals surface area contributed by atoms with E-state index in [0.29, 0.717) is 45.0 Å². The number of hydrogen-bond donors (Lipinski definition) is 1. The molecule has 0 spiro atoms. The second-order valence-electron chi connectivity index (χ2n) is 8.04. The fourth-order valence-electron chi connectivity index (χ4n) is 5.06. The quantitative estimate of drug-likeness (QED) is 0.867. The van der Waals surface area contributed by atoms with Crippen LogP contribution in [0.15, 0.2) is 24.3 Å². The molecule has 2 atom stereocenters. The van der Waals surface area contributed by atoms with Crippen LogP contribution >= 0.6 is 0 Å². The molecular weight excluding hydrogens is 349 g/mol. The highest BCUT2D eigenvalue weighted by molar-refractivity contribution is 5.80. The molecule has 1 amide bonds. The van der Waals surface area contributed by atoms with Gasteiger partial charge < -0.3 is 14.9 Å². The number of carbonyl (C=O) groups excluding carboxylic acids is 1. The van der Waals surface area contributed by atoms with Gasteiger partial charge in [0.2, 0.25) is 5.91 Å². The van der Waals surface area contributed by atoms with Crippen molar-refractivity contribution in [2.24, 2.45) is 11.3 Å². The van der Waals surface area contributed by atoms with E-state index in [4.69, 9.17) is 0 Å². The number of halogens is 1. The zero-order chi connectivity index (χ0) is 19.0. The lowest BCUT2D eigenvalue weighted by molar-refractivity contribution is -0.149. The first kappa shape index (κ1) is 18.2. The van der Waals surface area contributed by atoms with Crippen molar-refractivity contribution in [2.75, 3.05) is 50.7 Å². The van der Waals surface area contributed by atoms with E-state index >= 15 is 0 Å². The van der Waals surface area contributed by atoms with Crippen LogP contribution in [0.1, 0.15) is 19.3 Å². The van der Waals surface area contributed by atoms with Gasteiger partial charge in [0.05, 0.1) is 17.6 Å². The third kappa shape index (κ3) is 3.29. The van der Waals surface area contributed by atoms with Gasteiger partial charge in [0.1, 0.15) is 5.82 Å². The fourth-order valence-corrected chi connectivity index (χ4v) is 5.06. The van der Waals surface area contributed by atoms with Crippen LogP contribution in [0.4, 0.5) is 10.1 Å². The Bertz CT molecular complexity index is 735. The van der Waals surface area contributed by atoms with Gasteiger partial charge in [-0.3, -0.25) is 14.5 Å². The summed E-state index contributed by atoms with van der Waals surface area (Å²) in [6.07, 6.45) is 2.63. The number of aliphatic carboxylic acids is 1. The molecule has 0 aromatic heterocycles. The number of fused-ring (bicyclic) bond motifs is 1. The molecule has 146 valence electrons. The van der Waals surface area contributed by atoms with Crippen LogP contribution < -0.4 is 4.90 Å². The van der Waals surface area contributed by atoms with Gasteiger partial charge in [0, 0.05) is 39.3 Å². The fraction of sp³-hybridized carbons (Fsp3) is 0.600. The Morgan fingerprint density at radius 3 is 2.59 bits per heavy atom. The lowest BCUT2D eigenvalue weighted by atomic mass is 9.81. The lowest BCUT2D eigenvalue weighted by Gasteiger charge is -2.37. The number of likely N-dealkylation sites (tertiary alicyclic amines) is 1. The number of para-hydroxylation sites is 1. The maximum atomic E-state index is 13.9. The smallest absolute Gasteiger partial charge is 0.311 e. The summed E-state index contributed by atoms with van der Waals surface area (Å²) in [5.74, 6) is -0.734. The lowest BCUT2D eigenvalue weighted by Crippen LogP contribution is -2.51. The summed E-state index contributed by atoms with van der Waals surface area (Å²) >= 11 is 0. The molecule has 2 heterocycles. The van der Waals surface area contributed by atoms with Crippen LogP contribution in [0.2, 0.25) is 0 Å². The molecule has 6 nitrogen and oxygen atoms in total. The first-order valence-electron chi connectivity index (χ1n) is 9.72. The van der Waals surface area contributed by atoms with E-state index in [9.17, 15) is 19.1 Å². The number of amides is 1. The van der Waals surface area contributed by atoms with Crippen LogP contribution in [0.3, 0.4) is 0 Å². The number of carbonyl (C=O) groups is 2. The Hall–Kier alpha value is -2.15. The second-order valence-corrected chi connectivity index (χ2v) is 8.04. The van der Waals surface area contributed by atoms with Crippen LogP contribution in [0.25, 0.3) is 0 Å². The first-order valence-corrected chi connectivity index (χ1v) is 9.72. The predicted octanol–water partition coefficient (Wildman–Crippen LogP) is 1.66. The molecule has 4 rings (SSSR count). The highest BCUT2D eigenvalue weighted by Crippen LogP contribution is 2.48. The first-order chi connectivity index (χ1) is 13.0. The topological polar surface area (TPSA) is 64.1 Å². The standard InChI is InChI=1S/C20H26FN3O3/c21-16-5-1-2-6-17(16)23-8-10-24(11-9-23)18(25)13-22-12-15-4-3-7-20(15,14-22)19(26)27/h1-2,5-6,15H,3-4,7-14H2,(H,26,27)/t15-,20+/m0/s1. The molecule has 1 saturated carbocycles. The van der Waals surface area contributed by atoms with Gasteiger partial charge in [-0.2, -0.15) is 0 Å². The molecule has 0 unspecified atom stereocenters. The molecule has 3 aliphatic rings. The third-order valence-electron chi connectivity index (χ3n) is 6.55. The number of anilines is 1. The maximum Gasteiger partial charge on any atom is 0.311 e. The van der Waals surface area contributed by atoms with Crippen molar-refractivity contribution < 1.29 is 19.1 Å². The molecule has 27 heavy (non-hydrogen) atoms. The average Bonchev–Trinajstić information content (AvgIpc) is 3.20. The van der Waals surface area contributed by atoms with Crippen molar-refractivity contribution in [1.82, 2.24) is 9.80 Å². The second kappa shape index (κ2) is 7.11. The number of hydrogen-bond acceptors (Lipinski definition) is 4. The van der Waals surface area contributed by atoms with Gasteiger partial charge in [-0.15, -0.1) is 0 Å². The Kier molecular flexibility index (Phi) is 4.80. The van der Waals surface area contributed by atoms with E-state index in [-0.39, 0.29) is 24.2 Å². The van der Waals surface area contributed by atoms with E-state index in [1.165, 1.54) is 6.07 Å². The largest absolute Gasteiger partial charge is 0.481 e. The van der Waals surface area contributed by atoms with Crippen molar-refractivity contribution >= 4 is 17.6 Å². The zero-order valence-electron chi connectivity index (χ0n) is 15.4. The number of nitrogens with zero attached hydrogens (tertiary/aromatic N) is 3. The molecule has 1 N–H and O–H groups in total. The zero-order valence-corrected chi connectivity index (χ0v) is 15.4. The number of rotatable bonds is 4. The Balaban J connectivity index is 1.32. The molecular formula is C20H26FN3O3. The van der Waals surface area contributed by atoms with E-state index in [1.54, 1.807) is 12.1 Å². The third-order valence-corrected chi connectivity index (χ3v) is 6.55. The molecule has 1 aromatic carbocycles. The van der Waals surface area contributed by atoms with Crippen molar-refractivity contribution in [3.63, 3.8) is 0 Å². The van der Waals surface area contributed by atoms with Gasteiger partial charge >= 0.3 is 5.97 Å². The summed E-state index contributed by atoms with van der Waals surface area (Å²) < 4.78 is 13.9. The summed E-state index contributed by atoms with van der Waals surface area (Å²) in [6.45, 7) is 3.80. The Morgan fingerprint density at radius 1 is 1.19 bits per heavy atom. The summed E-state index contributed by atoms with van der Waals surface area (Å²) in [5.41, 5.74) is -0.0653. The Morgan fingerprint density at radius 2 is 1.93 bits per heavy atom. The number of carboxylic acid groups (broad SMARTS) is 1. The molecule has 2 saturated heterocycles. The highest BCUT2D eigenvalue weighted by atomic mass is 19.1. The molecule has 3 fully saturated rings. The summed E-state index contributed by atoms with van der Waals surface area (Å²) in [5, 5.41) is 9.68. The highest BCUT2D eigenvalue weighted by Gasteiger charge is 2.54. The summed E-state index contributed by atoms with van der Waals surface area (Å²) in [7, 11) is 0. The van der Waals surface area contributed by atoms with Crippen molar-refractivity contribution in [3.05, 3.63) is 30.1 Å².